The van der Waals surface area contributed by atoms with Crippen LogP contribution >= 0.6 is 11.7 Å². The summed E-state index contributed by atoms with van der Waals surface area (Å²) in [6, 6.07) is 28.2. The third-order valence-corrected chi connectivity index (χ3v) is 9.80. The summed E-state index contributed by atoms with van der Waals surface area (Å²) < 4.78 is 32.9. The molecule has 5 aromatic rings. The van der Waals surface area contributed by atoms with Gasteiger partial charge in [0, 0.05) is 37.7 Å². The van der Waals surface area contributed by atoms with Crippen molar-refractivity contribution in [3.63, 3.8) is 0 Å². The lowest BCUT2D eigenvalue weighted by Gasteiger charge is -2.36. The van der Waals surface area contributed by atoms with E-state index >= 15 is 0 Å². The van der Waals surface area contributed by atoms with Gasteiger partial charge in [-0.1, -0.05) is 72.8 Å². The van der Waals surface area contributed by atoms with Gasteiger partial charge in [-0.2, -0.15) is 8.75 Å². The summed E-state index contributed by atoms with van der Waals surface area (Å²) in [6.07, 6.45) is -1.17. The van der Waals surface area contributed by atoms with E-state index in [1.165, 1.54) is 0 Å². The molecule has 6 rings (SSSR count). The molecule has 11 heteroatoms. The molecule has 0 fully saturated rings. The highest BCUT2D eigenvalue weighted by molar-refractivity contribution is 7.00. The largest absolute Gasteiger partial charge is 0.488 e. The van der Waals surface area contributed by atoms with Gasteiger partial charge in [0.2, 0.25) is 5.91 Å². The van der Waals surface area contributed by atoms with Gasteiger partial charge in [0.05, 0.1) is 17.8 Å². The lowest BCUT2D eigenvalue weighted by atomic mass is 9.98. The zero-order chi connectivity index (χ0) is 37.5. The number of fused-ring (bicyclic) bond motifs is 4. The van der Waals surface area contributed by atoms with Crippen molar-refractivity contribution in [3.8, 4) is 16.9 Å². The highest BCUT2D eigenvalue weighted by Crippen LogP contribution is 2.44. The molecule has 0 spiro atoms. The molecule has 1 heterocycles. The molecule has 0 saturated heterocycles. The van der Waals surface area contributed by atoms with Crippen molar-refractivity contribution >= 4 is 34.8 Å². The van der Waals surface area contributed by atoms with Gasteiger partial charge in [0.1, 0.15) is 35.0 Å². The average Bonchev–Trinajstić information content (AvgIpc) is 3.76. The minimum Gasteiger partial charge on any atom is -0.488 e. The first kappa shape index (κ1) is 37.9. The number of hydrogen-bond donors (Lipinski definition) is 1. The first-order valence-corrected chi connectivity index (χ1v) is 18.9. The van der Waals surface area contributed by atoms with Crippen LogP contribution in [0.1, 0.15) is 69.7 Å². The van der Waals surface area contributed by atoms with Crippen LogP contribution in [0.25, 0.3) is 22.2 Å². The lowest BCUT2D eigenvalue weighted by Crippen LogP contribution is -2.55. The number of hydrogen-bond acceptors (Lipinski definition) is 9. The molecular formula is C42H48N4O6S. The van der Waals surface area contributed by atoms with Crippen molar-refractivity contribution < 1.29 is 28.5 Å². The third kappa shape index (κ3) is 9.04. The number of amides is 2. The average molecular weight is 737 g/mol. The minimum atomic E-state index is -0.987. The fraction of sp³-hybridized carbons (Fsp3) is 0.381. The second-order valence-corrected chi connectivity index (χ2v) is 14.6. The number of alkyl carbamates (subject to hydrolysis) is 1. The van der Waals surface area contributed by atoms with Crippen LogP contribution in [0.4, 0.5) is 4.79 Å². The van der Waals surface area contributed by atoms with Crippen molar-refractivity contribution in [2.75, 3.05) is 19.8 Å². The monoisotopic (exact) mass is 736 g/mol. The Balaban J connectivity index is 1.29. The molecule has 0 radical (unpaired) electrons. The molecule has 53 heavy (non-hydrogen) atoms. The van der Waals surface area contributed by atoms with Gasteiger partial charge >= 0.3 is 6.09 Å². The molecule has 0 saturated carbocycles. The first-order valence-electron chi connectivity index (χ1n) is 18.2. The van der Waals surface area contributed by atoms with Gasteiger partial charge in [-0.05, 0) is 87.6 Å². The molecule has 278 valence electrons. The van der Waals surface area contributed by atoms with Crippen molar-refractivity contribution in [2.24, 2.45) is 0 Å². The highest BCUT2D eigenvalue weighted by atomic mass is 32.1. The summed E-state index contributed by atoms with van der Waals surface area (Å²) in [5.74, 6) is 0.273. The summed E-state index contributed by atoms with van der Waals surface area (Å²) in [4.78, 5) is 30.4. The fourth-order valence-corrected chi connectivity index (χ4v) is 7.43. The number of nitrogens with zero attached hydrogens (tertiary/aromatic N) is 3. The predicted octanol–water partition coefficient (Wildman–Crippen LogP) is 8.13. The Morgan fingerprint density at radius 3 is 2.11 bits per heavy atom. The number of nitrogens with one attached hydrogen (secondary N) is 1. The standard InChI is InChI=1S/C42H48N4O6S/c1-7-49-40(50-8-2)27(3)46(25-29-14-13-19-36-38(29)45-53-44-36)39(47)37(24-28-20-22-30(23-21-28)52-42(4,5)6)43-41(48)51-26-35-33-17-11-9-15-31(33)32-16-10-12-18-34(32)35/h9-23,27,35,37,40H,7-8,24-26H2,1-6H3,(H,43,48)/t27-,37-/m0/s1. The molecule has 1 aromatic heterocycles. The summed E-state index contributed by atoms with van der Waals surface area (Å²) in [6.45, 7) is 12.8. The summed E-state index contributed by atoms with van der Waals surface area (Å²) in [5.41, 5.74) is 7.27. The van der Waals surface area contributed by atoms with E-state index in [2.05, 4.69) is 38.3 Å². The van der Waals surface area contributed by atoms with E-state index in [1.807, 2.05) is 108 Å². The maximum absolute atomic E-state index is 14.9. The molecular weight excluding hydrogens is 689 g/mol. The molecule has 0 aliphatic heterocycles. The molecule has 0 bridgehead atoms. The quantitative estimate of drug-likeness (QED) is 0.107. The van der Waals surface area contributed by atoms with Crippen LogP contribution in [-0.4, -0.2) is 69.4 Å². The van der Waals surface area contributed by atoms with E-state index in [0.717, 1.165) is 56.1 Å². The van der Waals surface area contributed by atoms with Gasteiger partial charge in [0.15, 0.2) is 6.29 Å². The first-order chi connectivity index (χ1) is 25.6. The van der Waals surface area contributed by atoms with Crippen LogP contribution in [0.2, 0.25) is 0 Å². The highest BCUT2D eigenvalue weighted by Gasteiger charge is 2.35. The molecule has 1 N–H and O–H groups in total. The Kier molecular flexibility index (Phi) is 12.1. The Labute approximate surface area is 315 Å². The molecule has 1 aliphatic rings. The summed E-state index contributed by atoms with van der Waals surface area (Å²) in [5, 5.41) is 2.96. The fourth-order valence-electron chi connectivity index (χ4n) is 6.86. The smallest absolute Gasteiger partial charge is 0.407 e. The maximum Gasteiger partial charge on any atom is 0.407 e. The van der Waals surface area contributed by atoms with Crippen molar-refractivity contribution in [1.29, 1.82) is 0 Å². The topological polar surface area (TPSA) is 112 Å². The number of aromatic nitrogens is 2. The Morgan fingerprint density at radius 1 is 0.849 bits per heavy atom. The second kappa shape index (κ2) is 16.9. The summed E-state index contributed by atoms with van der Waals surface area (Å²) >= 11 is 1.13. The number of carbonyl (C=O) groups excluding carboxylic acids is 2. The van der Waals surface area contributed by atoms with E-state index in [-0.39, 0.29) is 37.0 Å². The van der Waals surface area contributed by atoms with E-state index < -0.39 is 24.5 Å². The normalized spacial score (nSPS) is 13.7. The zero-order valence-electron chi connectivity index (χ0n) is 31.2. The number of rotatable bonds is 15. The van der Waals surface area contributed by atoms with Crippen LogP contribution in [0.5, 0.6) is 5.75 Å². The van der Waals surface area contributed by atoms with E-state index in [9.17, 15) is 9.59 Å². The van der Waals surface area contributed by atoms with Gasteiger partial charge in [-0.3, -0.25) is 4.79 Å². The Hall–Kier alpha value is -4.84. The van der Waals surface area contributed by atoms with Crippen LogP contribution in [0, 0.1) is 0 Å². The Morgan fingerprint density at radius 2 is 1.49 bits per heavy atom. The maximum atomic E-state index is 14.9. The van der Waals surface area contributed by atoms with Crippen LogP contribution < -0.4 is 10.1 Å². The molecule has 1 aliphatic carbocycles. The van der Waals surface area contributed by atoms with E-state index in [1.54, 1.807) is 4.90 Å². The molecule has 10 nitrogen and oxygen atoms in total. The van der Waals surface area contributed by atoms with Crippen LogP contribution in [0.3, 0.4) is 0 Å². The number of benzene rings is 4. The Bertz CT molecular complexity index is 1960. The molecule has 2 amide bonds. The van der Waals surface area contributed by atoms with Crippen LogP contribution in [-0.2, 0) is 32.0 Å². The van der Waals surface area contributed by atoms with Crippen LogP contribution in [0.15, 0.2) is 91.0 Å². The minimum absolute atomic E-state index is 0.120. The zero-order valence-corrected chi connectivity index (χ0v) is 32.0. The molecule has 0 unspecified atom stereocenters. The third-order valence-electron chi connectivity index (χ3n) is 9.26. The van der Waals surface area contributed by atoms with E-state index in [4.69, 9.17) is 18.9 Å². The predicted molar refractivity (Wildman–Crippen MR) is 207 cm³/mol. The van der Waals surface area contributed by atoms with E-state index in [0.29, 0.717) is 19.0 Å². The summed E-state index contributed by atoms with van der Waals surface area (Å²) in [7, 11) is 0. The second-order valence-electron chi connectivity index (χ2n) is 14.1. The van der Waals surface area contributed by atoms with Gasteiger partial charge in [-0.25, -0.2) is 4.79 Å². The molecule has 4 aromatic carbocycles. The van der Waals surface area contributed by atoms with Crippen molar-refractivity contribution in [2.45, 2.75) is 84.4 Å². The number of ether oxygens (including phenoxy) is 4. The van der Waals surface area contributed by atoms with Gasteiger partial charge in [-0.15, -0.1) is 0 Å². The number of carbonyl (C=O) groups is 2. The SMILES string of the molecule is CCOC(OCC)[C@H](C)N(Cc1cccc2nsnc12)C(=O)[C@H](Cc1ccc(OC(C)(C)C)cc1)NC(=O)OCC1c2ccccc2-c2ccccc21. The molecule has 2 atom stereocenters. The van der Waals surface area contributed by atoms with Crippen molar-refractivity contribution in [3.05, 3.63) is 113 Å². The van der Waals surface area contributed by atoms with Gasteiger partial charge < -0.3 is 29.2 Å². The van der Waals surface area contributed by atoms with Gasteiger partial charge in [0.25, 0.3) is 0 Å². The van der Waals surface area contributed by atoms with Crippen molar-refractivity contribution in [1.82, 2.24) is 19.0 Å². The lowest BCUT2D eigenvalue weighted by molar-refractivity contribution is -0.179.